The molecule has 2 aliphatic heterocycles. The van der Waals surface area contributed by atoms with E-state index in [1.54, 1.807) is 7.11 Å². The normalized spacial score (nSPS) is 21.9. The molecule has 2 heterocycles. The number of fused-ring (bicyclic) bond motifs is 1. The first-order valence-corrected chi connectivity index (χ1v) is 9.68. The van der Waals surface area contributed by atoms with Crippen LogP contribution in [-0.2, 0) is 6.54 Å². The number of hydrazone groups is 1. The van der Waals surface area contributed by atoms with Crippen LogP contribution in [0.5, 0.6) is 11.5 Å². The van der Waals surface area contributed by atoms with Crippen molar-refractivity contribution in [2.75, 3.05) is 26.8 Å². The highest BCUT2D eigenvalue weighted by atomic mass is 16.5. The molecule has 1 saturated heterocycles. The SMILES string of the molecule is CCOc1c(OC)cccc1C1NN=C2CCN(Cc3ccccc3)CC21. The maximum Gasteiger partial charge on any atom is 0.166 e. The van der Waals surface area contributed by atoms with Crippen LogP contribution in [0.1, 0.15) is 30.5 Å². The number of hydrogen-bond acceptors (Lipinski definition) is 5. The maximum absolute atomic E-state index is 5.94. The molecule has 2 unspecified atom stereocenters. The van der Waals surface area contributed by atoms with Crippen molar-refractivity contribution in [3.63, 3.8) is 0 Å². The minimum atomic E-state index is 0.121. The summed E-state index contributed by atoms with van der Waals surface area (Å²) in [5, 5.41) is 4.66. The molecular weight excluding hydrogens is 338 g/mol. The summed E-state index contributed by atoms with van der Waals surface area (Å²) < 4.78 is 11.5. The fourth-order valence-electron chi connectivity index (χ4n) is 4.12. The summed E-state index contributed by atoms with van der Waals surface area (Å²) in [6.45, 7) is 5.64. The van der Waals surface area contributed by atoms with Gasteiger partial charge in [0.15, 0.2) is 11.5 Å². The Morgan fingerprint density at radius 2 is 2.00 bits per heavy atom. The van der Waals surface area contributed by atoms with Gasteiger partial charge in [-0.05, 0) is 18.6 Å². The van der Waals surface area contributed by atoms with Crippen molar-refractivity contribution in [2.24, 2.45) is 11.0 Å². The van der Waals surface area contributed by atoms with Gasteiger partial charge in [0, 0.05) is 43.2 Å². The number of rotatable bonds is 6. The predicted octanol–water partition coefficient (Wildman–Crippen LogP) is 3.62. The van der Waals surface area contributed by atoms with Gasteiger partial charge in [-0.2, -0.15) is 5.10 Å². The Hall–Kier alpha value is -2.53. The molecule has 0 saturated carbocycles. The standard InChI is InChI=1S/C22H27N3O2/c1-3-27-22-17(10-7-11-20(22)26-2)21-18-15-25(13-12-19(18)23-24-21)14-16-8-5-4-6-9-16/h4-11,18,21,24H,3,12-15H2,1-2H3. The molecule has 2 atom stereocenters. The van der Waals surface area contributed by atoms with Gasteiger partial charge in [0.05, 0.1) is 19.8 Å². The number of nitrogens with zero attached hydrogens (tertiary/aromatic N) is 2. The number of para-hydroxylation sites is 1. The first-order valence-electron chi connectivity index (χ1n) is 9.68. The molecule has 0 radical (unpaired) electrons. The topological polar surface area (TPSA) is 46.1 Å². The highest BCUT2D eigenvalue weighted by Gasteiger charge is 2.38. The Bertz CT molecular complexity index is 806. The van der Waals surface area contributed by atoms with Gasteiger partial charge < -0.3 is 14.9 Å². The van der Waals surface area contributed by atoms with Crippen LogP contribution >= 0.6 is 0 Å². The number of ether oxygens (including phenoxy) is 2. The summed E-state index contributed by atoms with van der Waals surface area (Å²) in [6, 6.07) is 16.9. The molecular formula is C22H27N3O2. The minimum Gasteiger partial charge on any atom is -0.493 e. The Labute approximate surface area is 161 Å². The van der Waals surface area contributed by atoms with E-state index in [0.717, 1.165) is 43.1 Å². The lowest BCUT2D eigenvalue weighted by Gasteiger charge is -2.34. The highest BCUT2D eigenvalue weighted by molar-refractivity contribution is 5.90. The molecule has 5 nitrogen and oxygen atoms in total. The molecule has 27 heavy (non-hydrogen) atoms. The smallest absolute Gasteiger partial charge is 0.166 e. The summed E-state index contributed by atoms with van der Waals surface area (Å²) in [5.41, 5.74) is 7.13. The zero-order valence-electron chi connectivity index (χ0n) is 16.0. The van der Waals surface area contributed by atoms with Gasteiger partial charge in [-0.25, -0.2) is 0 Å². The van der Waals surface area contributed by atoms with E-state index in [1.165, 1.54) is 11.3 Å². The summed E-state index contributed by atoms with van der Waals surface area (Å²) in [6.07, 6.45) is 1.01. The number of piperidine rings is 1. The van der Waals surface area contributed by atoms with Gasteiger partial charge in [0.1, 0.15) is 0 Å². The van der Waals surface area contributed by atoms with Gasteiger partial charge in [0.2, 0.25) is 0 Å². The molecule has 0 amide bonds. The number of benzene rings is 2. The van der Waals surface area contributed by atoms with Crippen LogP contribution in [0.25, 0.3) is 0 Å². The maximum atomic E-state index is 5.94. The Kier molecular flexibility index (Phi) is 5.30. The number of hydrogen-bond donors (Lipinski definition) is 1. The molecule has 0 aliphatic carbocycles. The van der Waals surface area contributed by atoms with Crippen molar-refractivity contribution in [3.05, 3.63) is 59.7 Å². The van der Waals surface area contributed by atoms with Gasteiger partial charge in [-0.1, -0.05) is 42.5 Å². The Morgan fingerprint density at radius 3 is 2.78 bits per heavy atom. The fraction of sp³-hybridized carbons (Fsp3) is 0.409. The molecule has 4 rings (SSSR count). The quantitative estimate of drug-likeness (QED) is 0.849. The van der Waals surface area contributed by atoms with Crippen LogP contribution in [0.15, 0.2) is 53.6 Å². The summed E-state index contributed by atoms with van der Waals surface area (Å²) in [4.78, 5) is 2.53. The monoisotopic (exact) mass is 365 g/mol. The zero-order valence-corrected chi connectivity index (χ0v) is 16.0. The average Bonchev–Trinajstić information content (AvgIpc) is 3.12. The third-order valence-electron chi connectivity index (χ3n) is 5.42. The summed E-state index contributed by atoms with van der Waals surface area (Å²) in [5.74, 6) is 1.96. The summed E-state index contributed by atoms with van der Waals surface area (Å²) >= 11 is 0. The molecule has 1 N–H and O–H groups in total. The van der Waals surface area contributed by atoms with Crippen molar-refractivity contribution in [1.82, 2.24) is 10.3 Å². The fourth-order valence-corrected chi connectivity index (χ4v) is 4.12. The van der Waals surface area contributed by atoms with E-state index < -0.39 is 0 Å². The first-order chi connectivity index (χ1) is 13.3. The third kappa shape index (κ3) is 3.65. The van der Waals surface area contributed by atoms with E-state index in [4.69, 9.17) is 9.47 Å². The van der Waals surface area contributed by atoms with E-state index in [2.05, 4.69) is 51.8 Å². The Balaban J connectivity index is 1.56. The lowest BCUT2D eigenvalue weighted by atomic mass is 9.85. The third-order valence-corrected chi connectivity index (χ3v) is 5.42. The van der Waals surface area contributed by atoms with E-state index >= 15 is 0 Å². The van der Waals surface area contributed by atoms with E-state index in [0.29, 0.717) is 12.5 Å². The second kappa shape index (κ2) is 8.01. The minimum absolute atomic E-state index is 0.121. The number of methoxy groups -OCH3 is 1. The largest absolute Gasteiger partial charge is 0.493 e. The predicted molar refractivity (Wildman–Crippen MR) is 107 cm³/mol. The van der Waals surface area contributed by atoms with Gasteiger partial charge in [0.25, 0.3) is 0 Å². The lowest BCUT2D eigenvalue weighted by Crippen LogP contribution is -2.41. The molecule has 2 aromatic carbocycles. The van der Waals surface area contributed by atoms with Crippen molar-refractivity contribution < 1.29 is 9.47 Å². The van der Waals surface area contributed by atoms with Gasteiger partial charge in [-0.15, -0.1) is 0 Å². The van der Waals surface area contributed by atoms with E-state index in [-0.39, 0.29) is 6.04 Å². The van der Waals surface area contributed by atoms with E-state index in [9.17, 15) is 0 Å². The van der Waals surface area contributed by atoms with Crippen molar-refractivity contribution in [1.29, 1.82) is 0 Å². The molecule has 0 spiro atoms. The summed E-state index contributed by atoms with van der Waals surface area (Å²) in [7, 11) is 1.69. The molecule has 5 heteroatoms. The van der Waals surface area contributed by atoms with Gasteiger partial charge in [-0.3, -0.25) is 4.90 Å². The van der Waals surface area contributed by atoms with Crippen LogP contribution in [0.3, 0.4) is 0 Å². The van der Waals surface area contributed by atoms with Crippen molar-refractivity contribution >= 4 is 5.71 Å². The van der Waals surface area contributed by atoms with Crippen molar-refractivity contribution in [2.45, 2.75) is 25.9 Å². The van der Waals surface area contributed by atoms with Crippen LogP contribution in [0.4, 0.5) is 0 Å². The number of likely N-dealkylation sites (tertiary alicyclic amines) is 1. The van der Waals surface area contributed by atoms with E-state index in [1.807, 2.05) is 19.1 Å². The van der Waals surface area contributed by atoms with Gasteiger partial charge >= 0.3 is 0 Å². The first kappa shape index (κ1) is 17.9. The van der Waals surface area contributed by atoms with Crippen LogP contribution in [0, 0.1) is 5.92 Å². The second-order valence-electron chi connectivity index (χ2n) is 7.10. The molecule has 2 aliphatic rings. The zero-order chi connectivity index (χ0) is 18.6. The van der Waals surface area contributed by atoms with Crippen LogP contribution in [0.2, 0.25) is 0 Å². The van der Waals surface area contributed by atoms with Crippen LogP contribution < -0.4 is 14.9 Å². The van der Waals surface area contributed by atoms with Crippen LogP contribution in [-0.4, -0.2) is 37.4 Å². The highest BCUT2D eigenvalue weighted by Crippen LogP contribution is 2.41. The molecule has 0 bridgehead atoms. The Morgan fingerprint density at radius 1 is 1.15 bits per heavy atom. The molecule has 0 aromatic heterocycles. The molecule has 142 valence electrons. The lowest BCUT2D eigenvalue weighted by molar-refractivity contribution is 0.217. The molecule has 1 fully saturated rings. The number of nitrogens with one attached hydrogen (secondary N) is 1. The molecule has 2 aromatic rings. The average molecular weight is 365 g/mol. The van der Waals surface area contributed by atoms with Crippen molar-refractivity contribution in [3.8, 4) is 11.5 Å². The second-order valence-corrected chi connectivity index (χ2v) is 7.10.